The second-order valence-corrected chi connectivity index (χ2v) is 5.12. The topological polar surface area (TPSA) is 86.7 Å². The van der Waals surface area contributed by atoms with Gasteiger partial charge in [0.25, 0.3) is 0 Å². The molecule has 0 spiro atoms. The fourth-order valence-electron chi connectivity index (χ4n) is 3.83. The molecule has 2 heterocycles. The number of hydrogen-bond acceptors (Lipinski definition) is 6. The average molecular weight is 264 g/mol. The fraction of sp³-hybridized carbons (Fsp3) is 0.538. The molecule has 5 aliphatic rings. The van der Waals surface area contributed by atoms with Gasteiger partial charge in [-0.05, 0) is 0 Å². The highest BCUT2D eigenvalue weighted by atomic mass is 16.6. The summed E-state index contributed by atoms with van der Waals surface area (Å²) in [7, 11) is 0. The summed E-state index contributed by atoms with van der Waals surface area (Å²) in [6.45, 7) is 0. The van der Waals surface area contributed by atoms with E-state index in [2.05, 4.69) is 9.47 Å². The Kier molecular flexibility index (Phi) is 2.24. The Labute approximate surface area is 108 Å². The van der Waals surface area contributed by atoms with Gasteiger partial charge in [-0.2, -0.15) is 0 Å². The number of rotatable bonds is 0. The van der Waals surface area contributed by atoms with E-state index in [0.717, 1.165) is 0 Å². The van der Waals surface area contributed by atoms with E-state index in [9.17, 15) is 19.2 Å². The van der Waals surface area contributed by atoms with Gasteiger partial charge in [0.2, 0.25) is 0 Å². The first-order valence-corrected chi connectivity index (χ1v) is 5.79. The number of carbonyl (C=O) groups is 4. The highest BCUT2D eigenvalue weighted by Crippen LogP contribution is 2.56. The van der Waals surface area contributed by atoms with E-state index in [0.29, 0.717) is 0 Å². The molecule has 0 amide bonds. The molecule has 5 rings (SSSR count). The van der Waals surface area contributed by atoms with E-state index in [4.69, 9.17) is 0 Å². The van der Waals surface area contributed by atoms with Crippen molar-refractivity contribution in [2.75, 3.05) is 0 Å². The molecule has 6 nitrogen and oxygen atoms in total. The molecule has 4 atom stereocenters. The molecule has 19 heavy (non-hydrogen) atoms. The van der Waals surface area contributed by atoms with Crippen LogP contribution < -0.4 is 0 Å². The first kappa shape index (κ1) is 12.1. The Hall–Kier alpha value is -1.98. The maximum absolute atomic E-state index is 11.7. The average Bonchev–Trinajstić information content (AvgIpc) is 2.81. The highest BCUT2D eigenvalue weighted by Gasteiger charge is 2.67. The van der Waals surface area contributed by atoms with E-state index in [1.54, 1.807) is 12.2 Å². The summed E-state index contributed by atoms with van der Waals surface area (Å²) in [6.07, 6.45) is 3.49. The summed E-state index contributed by atoms with van der Waals surface area (Å²) in [4.78, 5) is 46.7. The zero-order chi connectivity index (χ0) is 12.6. The lowest BCUT2D eigenvalue weighted by molar-refractivity contribution is -0.154. The van der Waals surface area contributed by atoms with Gasteiger partial charge in [-0.3, -0.25) is 19.2 Å². The minimum Gasteiger partial charge on any atom is -0.393 e. The lowest BCUT2D eigenvalue weighted by Crippen LogP contribution is -2.50. The van der Waals surface area contributed by atoms with Crippen LogP contribution in [0.25, 0.3) is 0 Å². The summed E-state index contributed by atoms with van der Waals surface area (Å²) in [5, 5.41) is 0. The predicted octanol–water partition coefficient (Wildman–Crippen LogP) is 0.0699. The number of carbonyl (C=O) groups excluding carboxylic acids is 4. The number of ether oxygens (including phenoxy) is 2. The Bertz CT molecular complexity index is 459. The number of cyclic esters (lactones) is 4. The molecule has 3 fully saturated rings. The molecule has 2 aliphatic heterocycles. The molecule has 2 bridgehead atoms. The second-order valence-electron chi connectivity index (χ2n) is 5.12. The monoisotopic (exact) mass is 264 g/mol. The minimum absolute atomic E-state index is 0. The standard InChI is InChI=1S/C12H8O6.CH4/c13-9-5-3-1-2-4(7(5)11(15)17-9)8-6(3)10(14)18-12(8)16;/h1-8H;1H4. The van der Waals surface area contributed by atoms with E-state index >= 15 is 0 Å². The lowest BCUT2D eigenvalue weighted by atomic mass is 9.54. The van der Waals surface area contributed by atoms with Crippen LogP contribution in [0.2, 0.25) is 0 Å². The van der Waals surface area contributed by atoms with Crippen LogP contribution in [-0.4, -0.2) is 23.9 Å². The van der Waals surface area contributed by atoms with E-state index < -0.39 is 59.4 Å². The van der Waals surface area contributed by atoms with Gasteiger partial charge < -0.3 is 9.47 Å². The first-order valence-electron chi connectivity index (χ1n) is 5.79. The van der Waals surface area contributed by atoms with Gasteiger partial charge >= 0.3 is 23.9 Å². The second kappa shape index (κ2) is 3.53. The molecule has 0 aromatic rings. The van der Waals surface area contributed by atoms with Crippen LogP contribution in [0.5, 0.6) is 0 Å². The van der Waals surface area contributed by atoms with Crippen molar-refractivity contribution in [1.29, 1.82) is 0 Å². The minimum atomic E-state index is -0.632. The third-order valence-electron chi connectivity index (χ3n) is 4.48. The van der Waals surface area contributed by atoms with Gasteiger partial charge in [-0.15, -0.1) is 0 Å². The highest BCUT2D eigenvalue weighted by molar-refractivity contribution is 6.03. The summed E-state index contributed by atoms with van der Waals surface area (Å²) >= 11 is 0. The molecule has 100 valence electrons. The van der Waals surface area contributed by atoms with Gasteiger partial charge in [0.1, 0.15) is 0 Å². The van der Waals surface area contributed by atoms with Crippen LogP contribution in [0, 0.1) is 35.5 Å². The van der Waals surface area contributed by atoms with Crippen LogP contribution in [-0.2, 0) is 28.7 Å². The van der Waals surface area contributed by atoms with Gasteiger partial charge in [-0.1, -0.05) is 19.6 Å². The number of hydrogen-bond donors (Lipinski definition) is 0. The Morgan fingerprint density at radius 1 is 0.632 bits per heavy atom. The van der Waals surface area contributed by atoms with E-state index in [1.165, 1.54) is 0 Å². The Morgan fingerprint density at radius 3 is 1.16 bits per heavy atom. The van der Waals surface area contributed by atoms with Crippen molar-refractivity contribution < 1.29 is 28.7 Å². The van der Waals surface area contributed by atoms with Crippen molar-refractivity contribution in [3.63, 3.8) is 0 Å². The Morgan fingerprint density at radius 2 is 0.895 bits per heavy atom. The van der Waals surface area contributed by atoms with Crippen molar-refractivity contribution in [2.24, 2.45) is 35.5 Å². The fourth-order valence-corrected chi connectivity index (χ4v) is 3.83. The van der Waals surface area contributed by atoms with Crippen molar-refractivity contribution in [3.05, 3.63) is 12.2 Å². The third kappa shape index (κ3) is 1.21. The number of allylic oxidation sites excluding steroid dienone is 2. The zero-order valence-corrected chi connectivity index (χ0v) is 9.07. The van der Waals surface area contributed by atoms with Crippen molar-refractivity contribution >= 4 is 23.9 Å². The van der Waals surface area contributed by atoms with Crippen LogP contribution in [0.1, 0.15) is 7.43 Å². The van der Waals surface area contributed by atoms with Gasteiger partial charge in [0.15, 0.2) is 0 Å². The van der Waals surface area contributed by atoms with Gasteiger partial charge in [0, 0.05) is 11.8 Å². The molecular formula is C13H12O6. The van der Waals surface area contributed by atoms with Crippen LogP contribution in [0.4, 0.5) is 0 Å². The maximum Gasteiger partial charge on any atom is 0.318 e. The molecule has 1 saturated carbocycles. The summed E-state index contributed by atoms with van der Waals surface area (Å²) < 4.78 is 9.29. The molecule has 0 radical (unpaired) electrons. The molecule has 2 saturated heterocycles. The Balaban J connectivity index is 0.00000110. The maximum atomic E-state index is 11.7. The molecule has 4 unspecified atom stereocenters. The van der Waals surface area contributed by atoms with Gasteiger partial charge in [-0.25, -0.2) is 0 Å². The molecule has 3 aliphatic carbocycles. The van der Waals surface area contributed by atoms with E-state index in [-0.39, 0.29) is 7.43 Å². The van der Waals surface area contributed by atoms with Crippen LogP contribution in [0.3, 0.4) is 0 Å². The van der Waals surface area contributed by atoms with Crippen molar-refractivity contribution in [1.82, 2.24) is 0 Å². The van der Waals surface area contributed by atoms with Gasteiger partial charge in [0.05, 0.1) is 23.7 Å². The number of esters is 4. The molecule has 0 N–H and O–H groups in total. The lowest BCUT2D eigenvalue weighted by Gasteiger charge is -2.42. The van der Waals surface area contributed by atoms with Crippen LogP contribution >= 0.6 is 0 Å². The predicted molar refractivity (Wildman–Crippen MR) is 59.0 cm³/mol. The molecular weight excluding hydrogens is 252 g/mol. The SMILES string of the molecule is C.O=C1OC(=O)C2C3C=CC(C12)C1C(=O)OC(=O)C31. The molecule has 0 aromatic carbocycles. The first-order chi connectivity index (χ1) is 8.59. The quantitative estimate of drug-likeness (QED) is 0.349. The van der Waals surface area contributed by atoms with Crippen LogP contribution in [0.15, 0.2) is 12.2 Å². The van der Waals surface area contributed by atoms with E-state index in [1.807, 2.05) is 0 Å². The van der Waals surface area contributed by atoms with Crippen molar-refractivity contribution in [2.45, 2.75) is 7.43 Å². The molecule has 6 heteroatoms. The normalized spacial score (nSPS) is 45.5. The summed E-state index contributed by atoms with van der Waals surface area (Å²) in [5.74, 6) is -5.79. The third-order valence-corrected chi connectivity index (χ3v) is 4.48. The zero-order valence-electron chi connectivity index (χ0n) is 9.07. The van der Waals surface area contributed by atoms with Crippen molar-refractivity contribution in [3.8, 4) is 0 Å². The largest absolute Gasteiger partial charge is 0.393 e. The summed E-state index contributed by atoms with van der Waals surface area (Å²) in [5.41, 5.74) is 0. The smallest absolute Gasteiger partial charge is 0.318 e. The summed E-state index contributed by atoms with van der Waals surface area (Å²) in [6, 6.07) is 0. The molecule has 0 aromatic heterocycles.